The van der Waals surface area contributed by atoms with Crippen LogP contribution in [0, 0.1) is 12.7 Å². The highest BCUT2D eigenvalue weighted by Gasteiger charge is 2.45. The molecule has 186 valence electrons. The SMILES string of the molecule is C[NH2+]NC=C(N)C1(NC(=O)C(=O)c2c(C)c(C(=O)Nc3ccc(F)c(Cl)c3)n3c2CCC3)COC1. The number of anilines is 1. The zero-order valence-electron chi connectivity index (χ0n) is 19.3. The van der Waals surface area contributed by atoms with Gasteiger partial charge in [0.25, 0.3) is 17.6 Å². The van der Waals surface area contributed by atoms with E-state index in [1.54, 1.807) is 30.2 Å². The molecule has 0 aliphatic carbocycles. The molecule has 4 rings (SSSR count). The number of nitrogens with zero attached hydrogens (tertiary/aromatic N) is 1. The van der Waals surface area contributed by atoms with Gasteiger partial charge in [-0.3, -0.25) is 14.4 Å². The number of rotatable bonds is 8. The Morgan fingerprint density at radius 3 is 2.69 bits per heavy atom. The Bertz CT molecular complexity index is 1240. The summed E-state index contributed by atoms with van der Waals surface area (Å²) in [6, 6.07) is 3.85. The van der Waals surface area contributed by atoms with Gasteiger partial charge < -0.3 is 25.7 Å². The maximum atomic E-state index is 13.5. The predicted molar refractivity (Wildman–Crippen MR) is 126 cm³/mol. The number of hydrogen-bond acceptors (Lipinski definition) is 6. The fourth-order valence-electron chi connectivity index (χ4n) is 4.39. The lowest BCUT2D eigenvalue weighted by Gasteiger charge is -2.41. The molecule has 0 saturated carbocycles. The molecule has 1 aromatic carbocycles. The molecule has 1 fully saturated rings. The third kappa shape index (κ3) is 4.49. The summed E-state index contributed by atoms with van der Waals surface area (Å²) in [6.45, 7) is 2.45. The first-order valence-corrected chi connectivity index (χ1v) is 11.5. The van der Waals surface area contributed by atoms with Crippen molar-refractivity contribution in [3.05, 3.63) is 63.5 Å². The third-order valence-electron chi connectivity index (χ3n) is 6.24. The van der Waals surface area contributed by atoms with Crippen LogP contribution in [0.1, 0.15) is 38.5 Å². The van der Waals surface area contributed by atoms with Crippen LogP contribution < -0.4 is 27.2 Å². The van der Waals surface area contributed by atoms with Gasteiger partial charge in [0.05, 0.1) is 42.7 Å². The zero-order chi connectivity index (χ0) is 25.3. The number of ether oxygens (including phenoxy) is 1. The number of Topliss-reactive ketones (excluding diaryl/α,β-unsaturated/α-hetero) is 1. The topological polar surface area (TPSA) is 144 Å². The number of carbonyl (C=O) groups is 3. The van der Waals surface area contributed by atoms with Gasteiger partial charge in [-0.25, -0.2) is 15.2 Å². The van der Waals surface area contributed by atoms with E-state index in [-0.39, 0.29) is 29.5 Å². The quantitative estimate of drug-likeness (QED) is 0.152. The molecule has 2 aliphatic rings. The number of carbonyl (C=O) groups excluding carboxylic acids is 3. The zero-order valence-corrected chi connectivity index (χ0v) is 20.1. The number of benzene rings is 1. The van der Waals surface area contributed by atoms with Crippen molar-refractivity contribution in [1.29, 1.82) is 0 Å². The Balaban J connectivity index is 1.60. The molecular weight excluding hydrogens is 479 g/mol. The predicted octanol–water partition coefficient (Wildman–Crippen LogP) is 0.353. The van der Waals surface area contributed by atoms with E-state index in [1.165, 1.54) is 12.1 Å². The van der Waals surface area contributed by atoms with Crippen LogP contribution in [0.2, 0.25) is 5.02 Å². The first-order chi connectivity index (χ1) is 16.7. The van der Waals surface area contributed by atoms with Crippen LogP contribution >= 0.6 is 11.6 Å². The summed E-state index contributed by atoms with van der Waals surface area (Å²) in [5.41, 5.74) is 11.8. The molecular formula is C23H27ClFN6O4+. The highest BCUT2D eigenvalue weighted by atomic mass is 35.5. The second-order valence-electron chi connectivity index (χ2n) is 8.55. The molecule has 0 unspecified atom stereocenters. The van der Waals surface area contributed by atoms with Crippen LogP contribution in [0.25, 0.3) is 0 Å². The summed E-state index contributed by atoms with van der Waals surface area (Å²) in [7, 11) is 1.78. The molecule has 35 heavy (non-hydrogen) atoms. The van der Waals surface area contributed by atoms with Crippen molar-refractivity contribution in [1.82, 2.24) is 15.3 Å². The first-order valence-electron chi connectivity index (χ1n) is 11.1. The van der Waals surface area contributed by atoms with E-state index in [2.05, 4.69) is 16.1 Å². The number of nitrogens with one attached hydrogen (secondary N) is 3. The summed E-state index contributed by atoms with van der Waals surface area (Å²) in [5.74, 6) is -2.65. The monoisotopic (exact) mass is 505 g/mol. The smallest absolute Gasteiger partial charge is 0.293 e. The second kappa shape index (κ2) is 9.68. The molecule has 2 aliphatic heterocycles. The minimum atomic E-state index is -0.985. The molecule has 10 nitrogen and oxygen atoms in total. The molecule has 2 aromatic rings. The first kappa shape index (κ1) is 24.7. The summed E-state index contributed by atoms with van der Waals surface area (Å²) >= 11 is 5.82. The average molecular weight is 506 g/mol. The Labute approximate surface area is 206 Å². The van der Waals surface area contributed by atoms with Crippen molar-refractivity contribution < 1.29 is 28.9 Å². The van der Waals surface area contributed by atoms with Gasteiger partial charge in [0, 0.05) is 17.9 Å². The van der Waals surface area contributed by atoms with E-state index in [0.717, 1.165) is 12.5 Å². The van der Waals surface area contributed by atoms with Gasteiger partial charge in [0.2, 0.25) is 0 Å². The van der Waals surface area contributed by atoms with E-state index in [0.29, 0.717) is 35.6 Å². The lowest BCUT2D eigenvalue weighted by atomic mass is 9.92. The molecule has 7 N–H and O–H groups in total. The van der Waals surface area contributed by atoms with Crippen molar-refractivity contribution >= 4 is 34.9 Å². The Morgan fingerprint density at radius 1 is 1.31 bits per heavy atom. The van der Waals surface area contributed by atoms with Gasteiger partial charge in [0.1, 0.15) is 17.1 Å². The number of fused-ring (bicyclic) bond motifs is 1. The Hall–Kier alpha value is -3.41. The normalized spacial score (nSPS) is 16.3. The molecule has 0 atom stereocenters. The average Bonchev–Trinajstić information content (AvgIpc) is 3.35. The van der Waals surface area contributed by atoms with Crippen LogP contribution in [0.4, 0.5) is 10.1 Å². The molecule has 0 spiro atoms. The van der Waals surface area contributed by atoms with Gasteiger partial charge in [-0.1, -0.05) is 11.6 Å². The summed E-state index contributed by atoms with van der Waals surface area (Å²) < 4.78 is 20.5. The van der Waals surface area contributed by atoms with E-state index >= 15 is 0 Å². The number of ketones is 1. The second-order valence-corrected chi connectivity index (χ2v) is 8.95. The molecule has 0 radical (unpaired) electrons. The standard InChI is InChI=1S/C23H26ClFN6O4/c1-12-18(20(32)22(34)30-23(10-35-11-23)17(26)9-28-27-2)16-4-3-7-31(16)19(12)21(33)29-13-5-6-15(25)14(24)8-13/h5-6,8-9,27-28H,3-4,7,10-11,26H2,1-2H3,(H,29,33)(H,30,34)/p+1. The Kier molecular flexibility index (Phi) is 6.84. The lowest BCUT2D eigenvalue weighted by Crippen LogP contribution is -2.88. The minimum Gasteiger partial charge on any atom is -0.399 e. The molecule has 1 aromatic heterocycles. The largest absolute Gasteiger partial charge is 0.399 e. The van der Waals surface area contributed by atoms with E-state index in [1.807, 2.05) is 0 Å². The third-order valence-corrected chi connectivity index (χ3v) is 6.53. The molecule has 1 saturated heterocycles. The minimum absolute atomic E-state index is 0.123. The number of halogens is 2. The van der Waals surface area contributed by atoms with Crippen molar-refractivity contribution in [2.75, 3.05) is 25.6 Å². The van der Waals surface area contributed by atoms with Crippen LogP contribution in [0.3, 0.4) is 0 Å². The van der Waals surface area contributed by atoms with Crippen LogP contribution in [0.15, 0.2) is 30.1 Å². The van der Waals surface area contributed by atoms with Crippen LogP contribution in [-0.4, -0.2) is 48.0 Å². The van der Waals surface area contributed by atoms with Crippen LogP contribution in [-0.2, 0) is 22.5 Å². The van der Waals surface area contributed by atoms with Gasteiger partial charge >= 0.3 is 0 Å². The fraction of sp³-hybridized carbons (Fsp3) is 0.348. The maximum Gasteiger partial charge on any atom is 0.293 e. The molecule has 3 heterocycles. The van der Waals surface area contributed by atoms with Crippen molar-refractivity contribution in [3.63, 3.8) is 0 Å². The highest BCUT2D eigenvalue weighted by molar-refractivity contribution is 6.44. The van der Waals surface area contributed by atoms with E-state index in [4.69, 9.17) is 22.1 Å². The van der Waals surface area contributed by atoms with Crippen molar-refractivity contribution in [2.24, 2.45) is 5.73 Å². The summed E-state index contributed by atoms with van der Waals surface area (Å²) in [6.07, 6.45) is 2.82. The van der Waals surface area contributed by atoms with Crippen LogP contribution in [0.5, 0.6) is 0 Å². The number of hydrogen-bond donors (Lipinski definition) is 5. The number of quaternary nitrogens is 1. The Morgan fingerprint density at radius 2 is 2.06 bits per heavy atom. The molecule has 12 heteroatoms. The van der Waals surface area contributed by atoms with Gasteiger partial charge in [0.15, 0.2) is 0 Å². The van der Waals surface area contributed by atoms with Gasteiger partial charge in [-0.2, -0.15) is 0 Å². The number of aromatic nitrogens is 1. The lowest BCUT2D eigenvalue weighted by molar-refractivity contribution is -0.676. The van der Waals surface area contributed by atoms with Gasteiger partial charge in [-0.15, -0.1) is 0 Å². The highest BCUT2D eigenvalue weighted by Crippen LogP contribution is 2.31. The van der Waals surface area contributed by atoms with Crippen molar-refractivity contribution in [2.45, 2.75) is 31.8 Å². The van der Waals surface area contributed by atoms with E-state index in [9.17, 15) is 18.8 Å². The number of nitrogens with two attached hydrogens (primary N) is 2. The molecule has 2 amide bonds. The maximum absolute atomic E-state index is 13.5. The fourth-order valence-corrected chi connectivity index (χ4v) is 4.57. The van der Waals surface area contributed by atoms with Gasteiger partial charge in [-0.05, 0) is 43.5 Å². The van der Waals surface area contributed by atoms with Crippen molar-refractivity contribution in [3.8, 4) is 0 Å². The van der Waals surface area contributed by atoms with E-state index < -0.39 is 29.0 Å². The summed E-state index contributed by atoms with van der Waals surface area (Å²) in [4.78, 5) is 39.5. The summed E-state index contributed by atoms with van der Waals surface area (Å²) in [5, 5.41) is 5.30. The molecule has 0 bridgehead atoms. The number of amides is 2.